The lowest BCUT2D eigenvalue weighted by Gasteiger charge is -2.18. The van der Waals surface area contributed by atoms with Gasteiger partial charge in [-0.15, -0.1) is 0 Å². The lowest BCUT2D eigenvalue weighted by molar-refractivity contribution is -0.117. The second kappa shape index (κ2) is 6.48. The molecule has 0 bridgehead atoms. The number of carbonyl (C=O) groups is 1. The van der Waals surface area contributed by atoms with E-state index in [1.165, 1.54) is 0 Å². The van der Waals surface area contributed by atoms with Crippen LogP contribution in [0.4, 0.5) is 24.8 Å². The fourth-order valence-electron chi connectivity index (χ4n) is 2.37. The molecule has 0 radical (unpaired) electrons. The van der Waals surface area contributed by atoms with E-state index in [9.17, 15) is 31.5 Å². The minimum Gasteiger partial charge on any atom is -0.506 e. The Kier molecular flexibility index (Phi) is 4.48. The van der Waals surface area contributed by atoms with Crippen molar-refractivity contribution in [3.05, 3.63) is 18.1 Å². The van der Waals surface area contributed by atoms with Crippen molar-refractivity contribution in [1.82, 2.24) is 14.7 Å². The molecule has 1 saturated heterocycles. The number of rotatable bonds is 5. The molecule has 1 aromatic carbocycles. The summed E-state index contributed by atoms with van der Waals surface area (Å²) in [6.07, 6.45) is -1.86. The number of amides is 1. The van der Waals surface area contributed by atoms with Gasteiger partial charge in [-0.3, -0.25) is 4.79 Å². The van der Waals surface area contributed by atoms with Gasteiger partial charge in [0.15, 0.2) is 5.82 Å². The Labute approximate surface area is 145 Å². The first-order valence-corrected chi connectivity index (χ1v) is 8.66. The summed E-state index contributed by atoms with van der Waals surface area (Å²) in [6, 6.07) is 1.04. The van der Waals surface area contributed by atoms with E-state index >= 15 is 0 Å². The molecule has 3 rings (SSSR count). The van der Waals surface area contributed by atoms with E-state index in [1.54, 1.807) is 4.72 Å². The molecule has 2 heterocycles. The number of hydrogen-bond donors (Lipinski definition) is 3. The molecular weight excluding hydrogens is 379 g/mol. The molecule has 0 spiro atoms. The molecule has 26 heavy (non-hydrogen) atoms. The molecule has 0 atom stereocenters. The van der Waals surface area contributed by atoms with Crippen LogP contribution >= 0.6 is 0 Å². The Morgan fingerprint density at radius 1 is 1.42 bits per heavy atom. The van der Waals surface area contributed by atoms with Crippen LogP contribution in [-0.4, -0.2) is 48.9 Å². The smallest absolute Gasteiger partial charge is 0.326 e. The first-order valence-electron chi connectivity index (χ1n) is 7.22. The van der Waals surface area contributed by atoms with Gasteiger partial charge in [0.2, 0.25) is 12.4 Å². The molecule has 9 nitrogen and oxygen atoms in total. The molecule has 1 aromatic heterocycles. The Morgan fingerprint density at radius 2 is 2.15 bits per heavy atom. The van der Waals surface area contributed by atoms with Gasteiger partial charge in [-0.1, -0.05) is 0 Å². The van der Waals surface area contributed by atoms with E-state index < -0.39 is 52.8 Å². The summed E-state index contributed by atoms with van der Waals surface area (Å²) in [4.78, 5) is 19.0. The molecule has 1 aliphatic heterocycles. The molecule has 0 saturated carbocycles. The minimum atomic E-state index is -4.35. The maximum Gasteiger partial charge on any atom is 0.326 e. The molecule has 1 amide bonds. The van der Waals surface area contributed by atoms with E-state index in [2.05, 4.69) is 15.3 Å². The number of alkyl halides is 2. The van der Waals surface area contributed by atoms with Crippen molar-refractivity contribution in [2.45, 2.75) is 12.8 Å². The summed E-state index contributed by atoms with van der Waals surface area (Å²) in [5.74, 6) is -2.95. The highest BCUT2D eigenvalue weighted by molar-refractivity contribution is 7.92. The molecular formula is C13H12F3N5O4S. The quantitative estimate of drug-likeness (QED) is 0.686. The largest absolute Gasteiger partial charge is 0.506 e. The first-order chi connectivity index (χ1) is 12.2. The van der Waals surface area contributed by atoms with E-state index in [-0.39, 0.29) is 23.4 Å². The zero-order valence-corrected chi connectivity index (χ0v) is 13.7. The van der Waals surface area contributed by atoms with Crippen LogP contribution in [0, 0.1) is 5.82 Å². The number of nitrogens with zero attached hydrogens (tertiary/aromatic N) is 3. The van der Waals surface area contributed by atoms with Gasteiger partial charge < -0.3 is 10.4 Å². The van der Waals surface area contributed by atoms with Crippen LogP contribution in [0.5, 0.6) is 5.75 Å². The number of hydrogen-bond acceptors (Lipinski definition) is 7. The summed E-state index contributed by atoms with van der Waals surface area (Å²) >= 11 is 0. The summed E-state index contributed by atoms with van der Waals surface area (Å²) in [5, 5.41) is 12.5. The maximum absolute atomic E-state index is 14.8. The minimum absolute atomic E-state index is 0.0547. The van der Waals surface area contributed by atoms with Crippen LogP contribution in [0.2, 0.25) is 0 Å². The van der Waals surface area contributed by atoms with Crippen molar-refractivity contribution in [3.63, 3.8) is 0 Å². The fourth-order valence-corrected chi connectivity index (χ4v) is 3.54. The van der Waals surface area contributed by atoms with Gasteiger partial charge in [-0.05, 0) is 6.07 Å². The fraction of sp³-hybridized carbons (Fsp3) is 0.308. The van der Waals surface area contributed by atoms with E-state index in [0.29, 0.717) is 4.31 Å². The van der Waals surface area contributed by atoms with Crippen LogP contribution < -0.4 is 14.3 Å². The molecule has 0 unspecified atom stereocenters. The van der Waals surface area contributed by atoms with Gasteiger partial charge >= 0.3 is 10.2 Å². The standard InChI is InChI=1S/C13H12F3N5O4S/c14-8(15)1-2-17-13-18-4-6-3-7(22)12(10(16)11(6)19-13)21-5-9(23)20-26(21,24)25/h3-4,8,22H,1-2,5H2,(H,20,23)(H,17,18,19). The second-order valence-electron chi connectivity index (χ2n) is 5.33. The van der Waals surface area contributed by atoms with Crippen molar-refractivity contribution in [3.8, 4) is 5.75 Å². The average Bonchev–Trinajstić information content (AvgIpc) is 2.80. The number of phenolic OH excluding ortho intramolecular Hbond substituents is 1. The lowest BCUT2D eigenvalue weighted by atomic mass is 10.2. The number of halogens is 3. The SMILES string of the molecule is O=C1CN(c2c(O)cc3cnc(NCCC(F)F)nc3c2F)S(=O)(=O)N1. The second-order valence-corrected chi connectivity index (χ2v) is 6.93. The summed E-state index contributed by atoms with van der Waals surface area (Å²) in [5.41, 5.74) is -1.09. The Bertz CT molecular complexity index is 985. The van der Waals surface area contributed by atoms with Gasteiger partial charge in [0.25, 0.3) is 5.91 Å². The molecule has 2 aromatic rings. The number of aromatic nitrogens is 2. The molecule has 13 heteroatoms. The molecule has 0 aliphatic carbocycles. The molecule has 140 valence electrons. The number of benzene rings is 1. The van der Waals surface area contributed by atoms with Gasteiger partial charge in [0.05, 0.1) is 0 Å². The maximum atomic E-state index is 14.8. The number of aromatic hydroxyl groups is 1. The number of nitrogens with one attached hydrogen (secondary N) is 2. The normalized spacial score (nSPS) is 16.3. The summed E-state index contributed by atoms with van der Waals surface area (Å²) in [7, 11) is -4.35. The highest BCUT2D eigenvalue weighted by Crippen LogP contribution is 2.37. The number of carbonyl (C=O) groups excluding carboxylic acids is 1. The van der Waals surface area contributed by atoms with Crippen molar-refractivity contribution in [1.29, 1.82) is 0 Å². The van der Waals surface area contributed by atoms with Crippen LogP contribution in [0.1, 0.15) is 6.42 Å². The predicted molar refractivity (Wildman–Crippen MR) is 84.7 cm³/mol. The monoisotopic (exact) mass is 391 g/mol. The zero-order chi connectivity index (χ0) is 19.1. The van der Waals surface area contributed by atoms with Crippen LogP contribution in [-0.2, 0) is 15.0 Å². The van der Waals surface area contributed by atoms with Gasteiger partial charge in [0, 0.05) is 24.5 Å². The number of fused-ring (bicyclic) bond motifs is 1. The van der Waals surface area contributed by atoms with Crippen LogP contribution in [0.25, 0.3) is 10.9 Å². The van der Waals surface area contributed by atoms with Gasteiger partial charge in [-0.25, -0.2) is 32.2 Å². The Balaban J connectivity index is 2.04. The summed E-state index contributed by atoms with van der Waals surface area (Å²) in [6.45, 7) is -0.864. The first kappa shape index (κ1) is 18.0. The topological polar surface area (TPSA) is 125 Å². The van der Waals surface area contributed by atoms with E-state index in [1.807, 2.05) is 0 Å². The van der Waals surface area contributed by atoms with Crippen LogP contribution in [0.15, 0.2) is 12.3 Å². The van der Waals surface area contributed by atoms with E-state index in [0.717, 1.165) is 12.3 Å². The third-order valence-electron chi connectivity index (χ3n) is 3.48. The third-order valence-corrected chi connectivity index (χ3v) is 4.86. The molecule has 3 N–H and O–H groups in total. The Hall–Kier alpha value is -2.83. The van der Waals surface area contributed by atoms with Crippen molar-refractivity contribution in [2.75, 3.05) is 22.7 Å². The average molecular weight is 391 g/mol. The molecule has 1 fully saturated rings. The third kappa shape index (κ3) is 3.29. The van der Waals surface area contributed by atoms with Crippen molar-refractivity contribution in [2.24, 2.45) is 0 Å². The predicted octanol–water partition coefficient (Wildman–Crippen LogP) is 0.723. The highest BCUT2D eigenvalue weighted by atomic mass is 32.2. The van der Waals surface area contributed by atoms with E-state index in [4.69, 9.17) is 0 Å². The number of phenols is 1. The Morgan fingerprint density at radius 3 is 2.77 bits per heavy atom. The highest BCUT2D eigenvalue weighted by Gasteiger charge is 2.38. The van der Waals surface area contributed by atoms with Crippen molar-refractivity contribution < 1.29 is 31.5 Å². The lowest BCUT2D eigenvalue weighted by Crippen LogP contribution is -2.30. The molecule has 1 aliphatic rings. The van der Waals surface area contributed by atoms with Gasteiger partial charge in [0.1, 0.15) is 23.5 Å². The number of anilines is 2. The van der Waals surface area contributed by atoms with Crippen LogP contribution in [0.3, 0.4) is 0 Å². The zero-order valence-electron chi connectivity index (χ0n) is 12.9. The van der Waals surface area contributed by atoms with Gasteiger partial charge in [-0.2, -0.15) is 8.42 Å². The van der Waals surface area contributed by atoms with Crippen molar-refractivity contribution >= 4 is 38.7 Å². The summed E-state index contributed by atoms with van der Waals surface area (Å²) < 4.78 is 65.0.